The number of ether oxygens (including phenoxy) is 1. The molecule has 0 N–H and O–H groups in total. The van der Waals surface area contributed by atoms with Gasteiger partial charge in [0.25, 0.3) is 5.56 Å². The number of hydrogen-bond donors (Lipinski definition) is 0. The quantitative estimate of drug-likeness (QED) is 0.795. The highest BCUT2D eigenvalue weighted by atomic mass is 32.1. The summed E-state index contributed by atoms with van der Waals surface area (Å²) in [4.78, 5) is 26.6. The molecule has 1 aliphatic rings. The predicted molar refractivity (Wildman–Crippen MR) is 84.1 cm³/mol. The third-order valence-electron chi connectivity index (χ3n) is 3.86. The van der Waals surface area contributed by atoms with E-state index < -0.39 is 0 Å². The van der Waals surface area contributed by atoms with Gasteiger partial charge in [-0.05, 0) is 19.4 Å². The summed E-state index contributed by atoms with van der Waals surface area (Å²) in [5.74, 6) is 0. The maximum Gasteiger partial charge on any atom is 0.332 e. The molecule has 0 bridgehead atoms. The summed E-state index contributed by atoms with van der Waals surface area (Å²) in [7, 11) is 1.53. The van der Waals surface area contributed by atoms with Gasteiger partial charge < -0.3 is 4.74 Å². The van der Waals surface area contributed by atoms with Crippen molar-refractivity contribution in [3.63, 3.8) is 0 Å². The van der Waals surface area contributed by atoms with E-state index in [-0.39, 0.29) is 16.9 Å². The molecule has 2 aromatic rings. The van der Waals surface area contributed by atoms with Crippen LogP contribution in [0, 0.1) is 0 Å². The molecule has 0 unspecified atom stereocenters. The molecule has 2 aromatic heterocycles. The van der Waals surface area contributed by atoms with Gasteiger partial charge in [-0.1, -0.05) is 6.08 Å². The fourth-order valence-corrected chi connectivity index (χ4v) is 3.99. The van der Waals surface area contributed by atoms with Crippen molar-refractivity contribution >= 4 is 21.6 Å². The van der Waals surface area contributed by atoms with Gasteiger partial charge >= 0.3 is 5.69 Å². The molecular weight excluding hydrogens is 288 g/mol. The van der Waals surface area contributed by atoms with Crippen molar-refractivity contribution in [1.29, 1.82) is 0 Å². The maximum absolute atomic E-state index is 12.5. The molecule has 21 heavy (non-hydrogen) atoms. The average Bonchev–Trinajstić information content (AvgIpc) is 2.78. The van der Waals surface area contributed by atoms with E-state index in [1.165, 1.54) is 23.0 Å². The molecule has 112 valence electrons. The van der Waals surface area contributed by atoms with E-state index in [9.17, 15) is 9.59 Å². The van der Waals surface area contributed by atoms with Gasteiger partial charge in [0, 0.05) is 24.9 Å². The maximum atomic E-state index is 12.5. The van der Waals surface area contributed by atoms with Crippen LogP contribution in [-0.2, 0) is 31.4 Å². The molecule has 0 aromatic carbocycles. The first-order chi connectivity index (χ1) is 9.85. The Morgan fingerprint density at radius 2 is 2.14 bits per heavy atom. The number of allylic oxidation sites excluding steroid dienone is 1. The van der Waals surface area contributed by atoms with Gasteiger partial charge in [-0.15, -0.1) is 17.9 Å². The second kappa shape index (κ2) is 4.68. The Hall–Kier alpha value is -1.66. The number of nitrogens with zero attached hydrogens (tertiary/aromatic N) is 2. The van der Waals surface area contributed by atoms with Crippen molar-refractivity contribution in [2.45, 2.75) is 39.0 Å². The Labute approximate surface area is 126 Å². The van der Waals surface area contributed by atoms with Crippen LogP contribution < -0.4 is 11.2 Å². The van der Waals surface area contributed by atoms with E-state index in [0.717, 1.165) is 15.3 Å². The molecule has 0 amide bonds. The third-order valence-corrected chi connectivity index (χ3v) is 5.09. The number of thiophene rings is 1. The van der Waals surface area contributed by atoms with Gasteiger partial charge in [0.05, 0.1) is 17.6 Å². The van der Waals surface area contributed by atoms with Crippen molar-refractivity contribution < 1.29 is 4.74 Å². The van der Waals surface area contributed by atoms with Gasteiger partial charge in [0.1, 0.15) is 4.83 Å². The highest BCUT2D eigenvalue weighted by Gasteiger charge is 2.31. The summed E-state index contributed by atoms with van der Waals surface area (Å²) in [5, 5.41) is 0.662. The second-order valence-corrected chi connectivity index (χ2v) is 7.04. The van der Waals surface area contributed by atoms with Crippen LogP contribution >= 0.6 is 11.3 Å². The van der Waals surface area contributed by atoms with Crippen LogP contribution in [0.5, 0.6) is 0 Å². The summed E-state index contributed by atoms with van der Waals surface area (Å²) >= 11 is 1.48. The van der Waals surface area contributed by atoms with Crippen LogP contribution in [0.3, 0.4) is 0 Å². The standard InChI is InChI=1S/C15H18N2O3S/c1-5-6-17-13-11(12(18)16(4)14(17)19)9-7-15(2,3)20-8-10(9)21-13/h5H,1,6-8H2,2-4H3. The zero-order chi connectivity index (χ0) is 15.4. The minimum absolute atomic E-state index is 0.217. The predicted octanol–water partition coefficient (Wildman–Crippen LogP) is 1.80. The molecule has 0 atom stereocenters. The number of hydrogen-bond acceptors (Lipinski definition) is 4. The molecule has 0 saturated heterocycles. The Morgan fingerprint density at radius 1 is 1.43 bits per heavy atom. The van der Waals surface area contributed by atoms with Gasteiger partial charge in [-0.25, -0.2) is 4.79 Å². The Morgan fingerprint density at radius 3 is 2.81 bits per heavy atom. The normalized spacial score (nSPS) is 16.9. The Kier molecular flexibility index (Phi) is 3.18. The molecule has 0 saturated carbocycles. The van der Waals surface area contributed by atoms with Crippen LogP contribution in [0.15, 0.2) is 22.2 Å². The van der Waals surface area contributed by atoms with Crippen LogP contribution in [-0.4, -0.2) is 14.7 Å². The van der Waals surface area contributed by atoms with E-state index in [4.69, 9.17) is 4.74 Å². The fraction of sp³-hybridized carbons (Fsp3) is 0.467. The van der Waals surface area contributed by atoms with Crippen molar-refractivity contribution in [1.82, 2.24) is 9.13 Å². The Bertz CT molecular complexity index is 854. The van der Waals surface area contributed by atoms with Crippen molar-refractivity contribution in [3.05, 3.63) is 43.9 Å². The fourth-order valence-electron chi connectivity index (χ4n) is 2.76. The first kappa shape index (κ1) is 14.3. The minimum Gasteiger partial charge on any atom is -0.370 e. The lowest BCUT2D eigenvalue weighted by molar-refractivity contribution is -0.0379. The van der Waals surface area contributed by atoms with Gasteiger partial charge in [0.2, 0.25) is 0 Å². The van der Waals surface area contributed by atoms with Crippen molar-refractivity contribution in [3.8, 4) is 0 Å². The molecule has 3 rings (SSSR count). The van der Waals surface area contributed by atoms with E-state index in [2.05, 4.69) is 6.58 Å². The van der Waals surface area contributed by atoms with E-state index in [1.54, 1.807) is 10.6 Å². The summed E-state index contributed by atoms with van der Waals surface area (Å²) in [6.07, 6.45) is 2.36. The largest absolute Gasteiger partial charge is 0.370 e. The zero-order valence-electron chi connectivity index (χ0n) is 12.4. The summed E-state index contributed by atoms with van der Waals surface area (Å²) < 4.78 is 8.61. The van der Waals surface area contributed by atoms with Gasteiger partial charge in [-0.2, -0.15) is 0 Å². The molecule has 6 heteroatoms. The average molecular weight is 306 g/mol. The lowest BCUT2D eigenvalue weighted by Crippen LogP contribution is -2.38. The summed E-state index contributed by atoms with van der Waals surface area (Å²) in [6, 6.07) is 0. The molecule has 0 fully saturated rings. The third kappa shape index (κ3) is 2.10. The number of fused-ring (bicyclic) bond motifs is 3. The first-order valence-corrected chi connectivity index (χ1v) is 7.66. The molecule has 1 aliphatic heterocycles. The van der Waals surface area contributed by atoms with Gasteiger partial charge in [0.15, 0.2) is 0 Å². The lowest BCUT2D eigenvalue weighted by atomic mass is 9.94. The molecule has 0 aliphatic carbocycles. The van der Waals surface area contributed by atoms with E-state index in [1.807, 2.05) is 13.8 Å². The number of rotatable bonds is 2. The van der Waals surface area contributed by atoms with Crippen molar-refractivity contribution in [2.24, 2.45) is 7.05 Å². The summed E-state index contributed by atoms with van der Waals surface area (Å²) in [6.45, 7) is 8.62. The smallest absolute Gasteiger partial charge is 0.332 e. The Balaban J connectivity index is 2.42. The monoisotopic (exact) mass is 306 g/mol. The van der Waals surface area contributed by atoms with Crippen LogP contribution in [0.1, 0.15) is 24.3 Å². The summed E-state index contributed by atoms with van der Waals surface area (Å²) in [5.41, 5.74) is 0.229. The molecule has 0 radical (unpaired) electrons. The van der Waals surface area contributed by atoms with E-state index >= 15 is 0 Å². The minimum atomic E-state index is -0.300. The first-order valence-electron chi connectivity index (χ1n) is 6.84. The molecule has 5 nitrogen and oxygen atoms in total. The molecule has 3 heterocycles. The second-order valence-electron chi connectivity index (χ2n) is 5.96. The topological polar surface area (TPSA) is 53.2 Å². The van der Waals surface area contributed by atoms with Crippen LogP contribution in [0.2, 0.25) is 0 Å². The van der Waals surface area contributed by atoms with Crippen LogP contribution in [0.4, 0.5) is 0 Å². The van der Waals surface area contributed by atoms with Gasteiger partial charge in [-0.3, -0.25) is 13.9 Å². The SMILES string of the molecule is C=CCn1c(=O)n(C)c(=O)c2c3c(sc21)COC(C)(C)C3. The highest BCUT2D eigenvalue weighted by molar-refractivity contribution is 7.18. The molecule has 0 spiro atoms. The highest BCUT2D eigenvalue weighted by Crippen LogP contribution is 2.37. The zero-order valence-corrected chi connectivity index (χ0v) is 13.2. The molecular formula is C15H18N2O3S. The lowest BCUT2D eigenvalue weighted by Gasteiger charge is -2.29. The van der Waals surface area contributed by atoms with Crippen molar-refractivity contribution in [2.75, 3.05) is 0 Å². The van der Waals surface area contributed by atoms with E-state index in [0.29, 0.717) is 25.0 Å². The van der Waals surface area contributed by atoms with Crippen LogP contribution in [0.25, 0.3) is 10.2 Å². The number of aromatic nitrogens is 2.